The summed E-state index contributed by atoms with van der Waals surface area (Å²) in [5, 5.41) is 12.8. The zero-order valence-corrected chi connectivity index (χ0v) is 11.6. The molecule has 0 aliphatic carbocycles. The van der Waals surface area contributed by atoms with Gasteiger partial charge in [-0.2, -0.15) is 0 Å². The third kappa shape index (κ3) is 2.76. The molecule has 4 N–H and O–H groups in total. The number of nitrogen functional groups attached to an aromatic ring is 1. The van der Waals surface area contributed by atoms with Gasteiger partial charge in [0.05, 0.1) is 11.7 Å². The van der Waals surface area contributed by atoms with Crippen LogP contribution >= 0.6 is 0 Å². The zero-order valence-electron chi connectivity index (χ0n) is 11.6. The fourth-order valence-electron chi connectivity index (χ4n) is 2.29. The van der Waals surface area contributed by atoms with Crippen molar-refractivity contribution in [3.05, 3.63) is 29.1 Å². The van der Waals surface area contributed by atoms with Gasteiger partial charge in [0, 0.05) is 25.3 Å². The van der Waals surface area contributed by atoms with Crippen molar-refractivity contribution in [3.8, 4) is 0 Å². The molecule has 1 heterocycles. The molecule has 1 aromatic carbocycles. The Balaban J connectivity index is 2.09. The van der Waals surface area contributed by atoms with Crippen molar-refractivity contribution in [2.45, 2.75) is 32.0 Å². The molecule has 0 radical (unpaired) electrons. The average Bonchev–Trinajstić information content (AvgIpc) is 2.72. The van der Waals surface area contributed by atoms with E-state index in [1.54, 1.807) is 13.8 Å². The number of benzene rings is 1. The fraction of sp³-hybridized carbons (Fsp3) is 0.500. The first kappa shape index (κ1) is 14.7. The van der Waals surface area contributed by atoms with Gasteiger partial charge in [0.25, 0.3) is 5.91 Å². The van der Waals surface area contributed by atoms with E-state index in [0.717, 1.165) is 0 Å². The number of ether oxygens (including phenoxy) is 1. The summed E-state index contributed by atoms with van der Waals surface area (Å²) < 4.78 is 19.2. The molecule has 2 atom stereocenters. The molecule has 1 amide bonds. The maximum absolute atomic E-state index is 13.9. The molecule has 1 aromatic rings. The molecular weight excluding hydrogens is 263 g/mol. The van der Waals surface area contributed by atoms with Crippen molar-refractivity contribution >= 4 is 11.6 Å². The second kappa shape index (κ2) is 5.38. The van der Waals surface area contributed by atoms with Crippen LogP contribution in [0.1, 0.15) is 29.3 Å². The first-order chi connectivity index (χ1) is 9.33. The molecule has 20 heavy (non-hydrogen) atoms. The maximum atomic E-state index is 13.9. The predicted molar refractivity (Wildman–Crippen MR) is 72.9 cm³/mol. The van der Waals surface area contributed by atoms with E-state index in [9.17, 15) is 14.3 Å². The third-order valence-electron chi connectivity index (χ3n) is 3.74. The minimum absolute atomic E-state index is 0.0142. The van der Waals surface area contributed by atoms with Crippen LogP contribution in [-0.2, 0) is 4.74 Å². The van der Waals surface area contributed by atoms with Crippen molar-refractivity contribution in [1.29, 1.82) is 0 Å². The van der Waals surface area contributed by atoms with E-state index in [1.807, 2.05) is 0 Å². The minimum atomic E-state index is -1.11. The summed E-state index contributed by atoms with van der Waals surface area (Å²) in [5.41, 5.74) is 5.03. The molecule has 1 fully saturated rings. The number of rotatable bonds is 3. The Morgan fingerprint density at radius 2 is 2.35 bits per heavy atom. The molecule has 1 aliphatic heterocycles. The summed E-state index contributed by atoms with van der Waals surface area (Å²) in [6.45, 7) is 3.74. The molecule has 0 bridgehead atoms. The van der Waals surface area contributed by atoms with Crippen LogP contribution in [0.5, 0.6) is 0 Å². The monoisotopic (exact) mass is 282 g/mol. The second-order valence-electron chi connectivity index (χ2n) is 5.25. The molecule has 1 aliphatic rings. The van der Waals surface area contributed by atoms with Crippen LogP contribution in [-0.4, -0.2) is 35.9 Å². The summed E-state index contributed by atoms with van der Waals surface area (Å²) >= 11 is 0. The van der Waals surface area contributed by atoms with Crippen molar-refractivity contribution in [2.75, 3.05) is 18.9 Å². The number of halogens is 1. The van der Waals surface area contributed by atoms with E-state index >= 15 is 0 Å². The highest BCUT2D eigenvalue weighted by Gasteiger charge is 2.39. The summed E-state index contributed by atoms with van der Waals surface area (Å²) in [6.07, 6.45) is 0.0719. The predicted octanol–water partition coefficient (Wildman–Crippen LogP) is 0.986. The quantitative estimate of drug-likeness (QED) is 0.722. The lowest BCUT2D eigenvalue weighted by Crippen LogP contribution is -2.47. The number of carbonyl (C=O) groups is 1. The van der Waals surface area contributed by atoms with E-state index < -0.39 is 17.3 Å². The topological polar surface area (TPSA) is 84.6 Å². The van der Waals surface area contributed by atoms with Crippen LogP contribution in [0.15, 0.2) is 12.1 Å². The molecule has 2 rings (SSSR count). The number of anilines is 1. The van der Waals surface area contributed by atoms with Gasteiger partial charge in [-0.3, -0.25) is 4.79 Å². The Labute approximate surface area is 116 Å². The largest absolute Gasteiger partial charge is 0.399 e. The zero-order chi connectivity index (χ0) is 14.9. The van der Waals surface area contributed by atoms with E-state index in [1.165, 1.54) is 12.1 Å². The molecule has 0 aromatic heterocycles. The van der Waals surface area contributed by atoms with E-state index in [-0.39, 0.29) is 18.2 Å². The van der Waals surface area contributed by atoms with Gasteiger partial charge in [-0.1, -0.05) is 0 Å². The molecule has 5 nitrogen and oxygen atoms in total. The van der Waals surface area contributed by atoms with Crippen molar-refractivity contribution in [3.63, 3.8) is 0 Å². The van der Waals surface area contributed by atoms with Crippen LogP contribution in [0, 0.1) is 12.7 Å². The van der Waals surface area contributed by atoms with Crippen LogP contribution < -0.4 is 11.1 Å². The van der Waals surface area contributed by atoms with Crippen LogP contribution in [0.3, 0.4) is 0 Å². The standard InChI is InChI=1S/C14H19FN2O3/c1-8-5-10(16)6-11(12(8)15)13(18)17-7-14(19)3-4-20-9(14)2/h5-6,9,19H,3-4,7,16H2,1-2H3,(H,17,18). The van der Waals surface area contributed by atoms with Gasteiger partial charge in [0.2, 0.25) is 0 Å². The Kier molecular flexibility index (Phi) is 3.96. The highest BCUT2D eigenvalue weighted by molar-refractivity contribution is 5.95. The smallest absolute Gasteiger partial charge is 0.254 e. The second-order valence-corrected chi connectivity index (χ2v) is 5.25. The highest BCUT2D eigenvalue weighted by Crippen LogP contribution is 2.25. The molecule has 0 saturated carbocycles. The number of hydrogen-bond donors (Lipinski definition) is 3. The number of nitrogens with two attached hydrogens (primary N) is 1. The van der Waals surface area contributed by atoms with Gasteiger partial charge in [-0.15, -0.1) is 0 Å². The molecular formula is C14H19FN2O3. The van der Waals surface area contributed by atoms with Gasteiger partial charge < -0.3 is 20.9 Å². The van der Waals surface area contributed by atoms with Crippen molar-refractivity contribution in [1.82, 2.24) is 5.32 Å². The van der Waals surface area contributed by atoms with Gasteiger partial charge in [-0.05, 0) is 31.5 Å². The normalized spacial score (nSPS) is 25.7. The van der Waals surface area contributed by atoms with Crippen LogP contribution in [0.25, 0.3) is 0 Å². The minimum Gasteiger partial charge on any atom is -0.399 e. The Morgan fingerprint density at radius 1 is 1.65 bits per heavy atom. The summed E-state index contributed by atoms with van der Waals surface area (Å²) in [7, 11) is 0. The van der Waals surface area contributed by atoms with Crippen LogP contribution in [0.2, 0.25) is 0 Å². The number of nitrogens with one attached hydrogen (secondary N) is 1. The Bertz CT molecular complexity index is 535. The first-order valence-electron chi connectivity index (χ1n) is 6.51. The van der Waals surface area contributed by atoms with E-state index in [0.29, 0.717) is 24.3 Å². The van der Waals surface area contributed by atoms with Gasteiger partial charge in [0.1, 0.15) is 11.4 Å². The molecule has 0 spiro atoms. The average molecular weight is 282 g/mol. The molecule has 1 saturated heterocycles. The molecule has 110 valence electrons. The lowest BCUT2D eigenvalue weighted by molar-refractivity contribution is -0.0251. The highest BCUT2D eigenvalue weighted by atomic mass is 19.1. The first-order valence-corrected chi connectivity index (χ1v) is 6.51. The Hall–Kier alpha value is -1.66. The number of aliphatic hydroxyl groups is 1. The molecule has 2 unspecified atom stereocenters. The van der Waals surface area contributed by atoms with Crippen LogP contribution in [0.4, 0.5) is 10.1 Å². The molecule has 6 heteroatoms. The number of hydrogen-bond acceptors (Lipinski definition) is 4. The summed E-state index contributed by atoms with van der Waals surface area (Å²) in [6, 6.07) is 2.75. The number of carbonyl (C=O) groups excluding carboxylic acids is 1. The van der Waals surface area contributed by atoms with Crippen molar-refractivity contribution < 1.29 is 19.0 Å². The number of aryl methyl sites for hydroxylation is 1. The summed E-state index contributed by atoms with van der Waals surface area (Å²) in [5.74, 6) is -1.19. The Morgan fingerprint density at radius 3 is 2.95 bits per heavy atom. The third-order valence-corrected chi connectivity index (χ3v) is 3.74. The van der Waals surface area contributed by atoms with Gasteiger partial charge >= 0.3 is 0 Å². The lowest BCUT2D eigenvalue weighted by atomic mass is 9.96. The van der Waals surface area contributed by atoms with Gasteiger partial charge in [-0.25, -0.2) is 4.39 Å². The lowest BCUT2D eigenvalue weighted by Gasteiger charge is -2.26. The van der Waals surface area contributed by atoms with Gasteiger partial charge in [0.15, 0.2) is 0 Å². The SMILES string of the molecule is Cc1cc(N)cc(C(=O)NCC2(O)CCOC2C)c1F. The summed E-state index contributed by atoms with van der Waals surface area (Å²) in [4.78, 5) is 12.0. The van der Waals surface area contributed by atoms with E-state index in [2.05, 4.69) is 5.32 Å². The fourth-order valence-corrected chi connectivity index (χ4v) is 2.29. The number of amides is 1. The maximum Gasteiger partial charge on any atom is 0.254 e. The van der Waals surface area contributed by atoms with E-state index in [4.69, 9.17) is 10.5 Å². The van der Waals surface area contributed by atoms with Crippen molar-refractivity contribution in [2.24, 2.45) is 0 Å².